The van der Waals surface area contributed by atoms with E-state index in [-0.39, 0.29) is 5.92 Å². The van der Waals surface area contributed by atoms with E-state index in [9.17, 15) is 9.90 Å². The fourth-order valence-corrected chi connectivity index (χ4v) is 4.70. The zero-order valence-electron chi connectivity index (χ0n) is 14.6. The second kappa shape index (κ2) is 7.88. The maximum Gasteiger partial charge on any atom is 0.308 e. The molecule has 2 aromatic rings. The molecule has 27 heavy (non-hydrogen) atoms. The molecule has 2 unspecified atom stereocenters. The number of thiazole rings is 1. The van der Waals surface area contributed by atoms with Gasteiger partial charge >= 0.3 is 5.97 Å². The number of aliphatic carboxylic acids is 1. The van der Waals surface area contributed by atoms with Gasteiger partial charge in [-0.1, -0.05) is 53.3 Å². The summed E-state index contributed by atoms with van der Waals surface area (Å²) in [7, 11) is 0. The standard InChI is InChI=1S/C19H20ClN3O3S/c20-17-16-15(8-10-23(17)26-12-13-5-2-1-3-6-13)21-19(27-16)22-9-4-7-14(11-22)18(24)25/h1-3,5-6,8,10,14,17H,4,7,9,11-12H2,(H,24,25). The summed E-state index contributed by atoms with van der Waals surface area (Å²) in [5, 5.41) is 11.8. The molecule has 1 fully saturated rings. The molecular weight excluding hydrogens is 386 g/mol. The van der Waals surface area contributed by atoms with E-state index in [1.54, 1.807) is 11.3 Å². The highest BCUT2D eigenvalue weighted by atomic mass is 35.5. The van der Waals surface area contributed by atoms with Gasteiger partial charge in [-0.15, -0.1) is 0 Å². The number of hydrogen-bond acceptors (Lipinski definition) is 6. The first-order valence-corrected chi connectivity index (χ1v) is 10.1. The zero-order valence-corrected chi connectivity index (χ0v) is 16.2. The van der Waals surface area contributed by atoms with Crippen LogP contribution in [0.4, 0.5) is 5.13 Å². The molecule has 1 N–H and O–H groups in total. The average Bonchev–Trinajstić information content (AvgIpc) is 3.14. The van der Waals surface area contributed by atoms with Crippen molar-refractivity contribution >= 4 is 40.1 Å². The summed E-state index contributed by atoms with van der Waals surface area (Å²) in [5.74, 6) is -1.08. The number of rotatable bonds is 5. The Morgan fingerprint density at radius 3 is 2.96 bits per heavy atom. The maximum absolute atomic E-state index is 11.3. The molecular formula is C19H20ClN3O3S. The predicted molar refractivity (Wildman–Crippen MR) is 105 cm³/mol. The Balaban J connectivity index is 1.45. The summed E-state index contributed by atoms with van der Waals surface area (Å²) < 4.78 is 0. The molecule has 1 aromatic carbocycles. The van der Waals surface area contributed by atoms with E-state index in [0.29, 0.717) is 13.2 Å². The molecule has 1 aromatic heterocycles. The second-order valence-electron chi connectivity index (χ2n) is 6.64. The zero-order chi connectivity index (χ0) is 18.8. The van der Waals surface area contributed by atoms with Crippen LogP contribution in [0.3, 0.4) is 0 Å². The van der Waals surface area contributed by atoms with Crippen molar-refractivity contribution in [2.45, 2.75) is 24.9 Å². The summed E-state index contributed by atoms with van der Waals surface area (Å²) in [6.45, 7) is 1.75. The summed E-state index contributed by atoms with van der Waals surface area (Å²) in [6, 6.07) is 9.92. The lowest BCUT2D eigenvalue weighted by molar-refractivity contribution is -0.142. The minimum atomic E-state index is -0.739. The number of hydroxylamine groups is 2. The van der Waals surface area contributed by atoms with Crippen molar-refractivity contribution < 1.29 is 14.7 Å². The van der Waals surface area contributed by atoms with E-state index < -0.39 is 11.5 Å². The first kappa shape index (κ1) is 18.3. The molecule has 6 nitrogen and oxygen atoms in total. The van der Waals surface area contributed by atoms with Crippen molar-refractivity contribution in [3.8, 4) is 0 Å². The van der Waals surface area contributed by atoms with Crippen molar-refractivity contribution in [3.63, 3.8) is 0 Å². The van der Waals surface area contributed by atoms with Gasteiger partial charge in [0.25, 0.3) is 0 Å². The number of hydrogen-bond donors (Lipinski definition) is 1. The molecule has 8 heteroatoms. The Morgan fingerprint density at radius 2 is 2.19 bits per heavy atom. The highest BCUT2D eigenvalue weighted by Gasteiger charge is 2.31. The van der Waals surface area contributed by atoms with E-state index in [1.807, 2.05) is 36.4 Å². The van der Waals surface area contributed by atoms with Crippen LogP contribution in [0.5, 0.6) is 0 Å². The lowest BCUT2D eigenvalue weighted by Crippen LogP contribution is -2.38. The van der Waals surface area contributed by atoms with Gasteiger partial charge < -0.3 is 10.0 Å². The molecule has 1 saturated heterocycles. The number of alkyl halides is 1. The van der Waals surface area contributed by atoms with Gasteiger partial charge in [-0.2, -0.15) is 0 Å². The highest BCUT2D eigenvalue weighted by Crippen LogP contribution is 2.41. The van der Waals surface area contributed by atoms with E-state index in [2.05, 4.69) is 9.88 Å². The number of halogens is 1. The molecule has 3 heterocycles. The van der Waals surface area contributed by atoms with E-state index >= 15 is 0 Å². The van der Waals surface area contributed by atoms with Gasteiger partial charge in [-0.3, -0.25) is 9.63 Å². The lowest BCUT2D eigenvalue weighted by Gasteiger charge is -2.30. The van der Waals surface area contributed by atoms with Crippen LogP contribution in [0, 0.1) is 5.92 Å². The van der Waals surface area contributed by atoms with Gasteiger partial charge in [0.1, 0.15) is 0 Å². The average molecular weight is 406 g/mol. The number of carbonyl (C=O) groups is 1. The van der Waals surface area contributed by atoms with Crippen molar-refractivity contribution in [3.05, 3.63) is 52.7 Å². The minimum Gasteiger partial charge on any atom is -0.481 e. The molecule has 142 valence electrons. The van der Waals surface area contributed by atoms with Crippen LogP contribution in [0.1, 0.15) is 34.5 Å². The maximum atomic E-state index is 11.3. The molecule has 0 spiro atoms. The van der Waals surface area contributed by atoms with Gasteiger partial charge in [0.2, 0.25) is 0 Å². The second-order valence-corrected chi connectivity index (χ2v) is 8.06. The Kier molecular flexibility index (Phi) is 5.33. The van der Waals surface area contributed by atoms with Crippen LogP contribution in [-0.4, -0.2) is 34.2 Å². The molecule has 0 radical (unpaired) electrons. The van der Waals surface area contributed by atoms with Gasteiger partial charge in [-0.05, 0) is 24.5 Å². The van der Waals surface area contributed by atoms with Crippen LogP contribution < -0.4 is 4.90 Å². The number of nitrogens with zero attached hydrogens (tertiary/aromatic N) is 3. The van der Waals surface area contributed by atoms with Crippen LogP contribution in [-0.2, 0) is 16.2 Å². The Morgan fingerprint density at radius 1 is 1.37 bits per heavy atom. The summed E-state index contributed by atoms with van der Waals surface area (Å²) in [4.78, 5) is 24.8. The van der Waals surface area contributed by atoms with Crippen molar-refractivity contribution in [2.24, 2.45) is 5.92 Å². The predicted octanol–water partition coefficient (Wildman–Crippen LogP) is 4.10. The molecule has 2 atom stereocenters. The van der Waals surface area contributed by atoms with Gasteiger partial charge in [0, 0.05) is 19.3 Å². The topological polar surface area (TPSA) is 65.9 Å². The van der Waals surface area contributed by atoms with Crippen LogP contribution in [0.2, 0.25) is 0 Å². The van der Waals surface area contributed by atoms with E-state index in [1.165, 1.54) is 11.3 Å². The molecule has 0 amide bonds. The number of benzene rings is 1. The fourth-order valence-electron chi connectivity index (χ4n) is 3.28. The smallest absolute Gasteiger partial charge is 0.308 e. The quantitative estimate of drug-likeness (QED) is 0.596. The monoisotopic (exact) mass is 405 g/mol. The number of carboxylic acids is 1. The van der Waals surface area contributed by atoms with E-state index in [4.69, 9.17) is 16.4 Å². The van der Waals surface area contributed by atoms with Crippen molar-refractivity contribution in [1.82, 2.24) is 10.0 Å². The third-order valence-electron chi connectivity index (χ3n) is 4.75. The summed E-state index contributed by atoms with van der Waals surface area (Å²) in [6.07, 6.45) is 5.25. The number of fused-ring (bicyclic) bond motifs is 1. The third-order valence-corrected chi connectivity index (χ3v) is 6.48. The Bertz CT molecular complexity index is 842. The Labute approximate surface area is 166 Å². The summed E-state index contributed by atoms with van der Waals surface area (Å²) in [5.41, 5.74) is 1.44. The SMILES string of the molecule is O=C(O)C1CCCN(c2nc3c(s2)C(Cl)N(OCc2ccccc2)C=C3)C1. The lowest BCUT2D eigenvalue weighted by atomic mass is 9.99. The fraction of sp³-hybridized carbons (Fsp3) is 0.368. The molecule has 0 saturated carbocycles. The van der Waals surface area contributed by atoms with Gasteiger partial charge in [0.05, 0.1) is 23.1 Å². The molecule has 2 aliphatic rings. The molecule has 4 rings (SSSR count). The van der Waals surface area contributed by atoms with Crippen molar-refractivity contribution in [1.29, 1.82) is 0 Å². The number of carboxylic acid groups (broad SMARTS) is 1. The molecule has 2 aliphatic heterocycles. The first-order valence-electron chi connectivity index (χ1n) is 8.88. The van der Waals surface area contributed by atoms with Crippen LogP contribution >= 0.6 is 22.9 Å². The third kappa shape index (κ3) is 3.95. The van der Waals surface area contributed by atoms with Crippen LogP contribution in [0.15, 0.2) is 36.5 Å². The minimum absolute atomic E-state index is 0.340. The number of aromatic nitrogens is 1. The first-order chi connectivity index (χ1) is 13.1. The van der Waals surface area contributed by atoms with Gasteiger partial charge in [-0.25, -0.2) is 10.0 Å². The highest BCUT2D eigenvalue weighted by molar-refractivity contribution is 7.16. The summed E-state index contributed by atoms with van der Waals surface area (Å²) >= 11 is 8.12. The van der Waals surface area contributed by atoms with Crippen LogP contribution in [0.25, 0.3) is 6.08 Å². The number of anilines is 1. The van der Waals surface area contributed by atoms with E-state index in [0.717, 1.165) is 40.7 Å². The molecule has 0 aliphatic carbocycles. The molecule has 0 bridgehead atoms. The van der Waals surface area contributed by atoms with Gasteiger partial charge in [0.15, 0.2) is 10.6 Å². The normalized spacial score (nSPS) is 22.0. The Hall–Kier alpha value is -2.09. The number of piperidine rings is 1. The van der Waals surface area contributed by atoms with Crippen molar-refractivity contribution in [2.75, 3.05) is 18.0 Å². The largest absolute Gasteiger partial charge is 0.481 e.